The highest BCUT2D eigenvalue weighted by Crippen LogP contribution is 2.14. The van der Waals surface area contributed by atoms with Gasteiger partial charge in [0.2, 0.25) is 11.8 Å². The molecule has 1 aliphatic heterocycles. The molecule has 0 aliphatic carbocycles. The Labute approximate surface area is 142 Å². The molecule has 1 N–H and O–H groups in total. The van der Waals surface area contributed by atoms with Crippen molar-refractivity contribution in [3.8, 4) is 0 Å². The highest BCUT2D eigenvalue weighted by molar-refractivity contribution is 5.83. The van der Waals surface area contributed by atoms with Crippen molar-refractivity contribution in [1.82, 2.24) is 15.1 Å². The van der Waals surface area contributed by atoms with Crippen LogP contribution < -0.4 is 10.2 Å². The summed E-state index contributed by atoms with van der Waals surface area (Å²) in [6.07, 6.45) is 0.359. The van der Waals surface area contributed by atoms with E-state index in [1.165, 1.54) is 12.1 Å². The highest BCUT2D eigenvalue weighted by Gasteiger charge is 2.31. The van der Waals surface area contributed by atoms with Crippen LogP contribution >= 0.6 is 0 Å². The largest absolute Gasteiger partial charge is 0.374 e. The van der Waals surface area contributed by atoms with E-state index in [0.717, 1.165) is 5.69 Å². The van der Waals surface area contributed by atoms with Gasteiger partial charge in [0.05, 0.1) is 0 Å². The van der Waals surface area contributed by atoms with Gasteiger partial charge in [-0.15, -0.1) is 0 Å². The van der Waals surface area contributed by atoms with E-state index in [2.05, 4.69) is 5.32 Å². The summed E-state index contributed by atoms with van der Waals surface area (Å²) in [7, 11) is 5.37. The zero-order chi connectivity index (χ0) is 17.7. The van der Waals surface area contributed by atoms with Gasteiger partial charge in [0.25, 0.3) is 0 Å². The number of benzene rings is 1. The summed E-state index contributed by atoms with van der Waals surface area (Å²) in [6.45, 7) is 2.26. The third kappa shape index (κ3) is 4.44. The van der Waals surface area contributed by atoms with Gasteiger partial charge in [0.1, 0.15) is 11.9 Å². The number of amides is 2. The summed E-state index contributed by atoms with van der Waals surface area (Å²) in [5.41, 5.74) is 0.866. The van der Waals surface area contributed by atoms with Gasteiger partial charge < -0.3 is 15.1 Å². The molecule has 1 fully saturated rings. The third-order valence-electron chi connectivity index (χ3n) is 4.48. The first-order valence-corrected chi connectivity index (χ1v) is 8.08. The molecular weight excluding hydrogens is 311 g/mol. The molecule has 1 aromatic rings. The van der Waals surface area contributed by atoms with Crippen LogP contribution in [0.25, 0.3) is 0 Å². The van der Waals surface area contributed by atoms with Crippen molar-refractivity contribution >= 4 is 17.5 Å². The second-order valence-electron chi connectivity index (χ2n) is 6.10. The molecule has 0 unspecified atom stereocenters. The predicted molar refractivity (Wildman–Crippen MR) is 91.4 cm³/mol. The number of anilines is 1. The maximum Gasteiger partial charge on any atom is 0.238 e. The average Bonchev–Trinajstić information content (AvgIpc) is 2.59. The van der Waals surface area contributed by atoms with Gasteiger partial charge in [-0.1, -0.05) is 0 Å². The van der Waals surface area contributed by atoms with E-state index >= 15 is 0 Å². The molecule has 1 atom stereocenters. The summed E-state index contributed by atoms with van der Waals surface area (Å²) in [6, 6.07) is 5.89. The van der Waals surface area contributed by atoms with Gasteiger partial charge in [0, 0.05) is 52.4 Å². The molecule has 1 saturated heterocycles. The van der Waals surface area contributed by atoms with Crippen molar-refractivity contribution in [1.29, 1.82) is 0 Å². The van der Waals surface area contributed by atoms with E-state index in [-0.39, 0.29) is 23.7 Å². The van der Waals surface area contributed by atoms with Crippen LogP contribution in [-0.2, 0) is 9.59 Å². The van der Waals surface area contributed by atoms with Crippen LogP contribution in [0.5, 0.6) is 0 Å². The Kier molecular flexibility index (Phi) is 6.14. The monoisotopic (exact) mass is 336 g/mol. The minimum absolute atomic E-state index is 0.0333. The number of carbonyl (C=O) groups excluding carboxylic acids is 2. The highest BCUT2D eigenvalue weighted by atomic mass is 19.1. The van der Waals surface area contributed by atoms with Gasteiger partial charge in [0.15, 0.2) is 0 Å². The maximum atomic E-state index is 13.0. The maximum absolute atomic E-state index is 13.0. The Morgan fingerprint density at radius 2 is 1.96 bits per heavy atom. The first-order valence-electron chi connectivity index (χ1n) is 8.08. The zero-order valence-corrected chi connectivity index (χ0v) is 14.5. The fourth-order valence-corrected chi connectivity index (χ4v) is 2.80. The van der Waals surface area contributed by atoms with Crippen LogP contribution in [0.3, 0.4) is 0 Å². The number of nitrogens with zero attached hydrogens (tertiary/aromatic N) is 3. The Hall–Kier alpha value is -2.15. The molecule has 0 radical (unpaired) electrons. The summed E-state index contributed by atoms with van der Waals surface area (Å²) >= 11 is 0. The first-order chi connectivity index (χ1) is 11.4. The number of piperazine rings is 1. The van der Waals surface area contributed by atoms with Crippen molar-refractivity contribution in [2.75, 3.05) is 52.2 Å². The number of likely N-dealkylation sites (N-methyl/N-ethyl adjacent to an activating group) is 2. The van der Waals surface area contributed by atoms with Crippen molar-refractivity contribution in [2.45, 2.75) is 12.5 Å². The van der Waals surface area contributed by atoms with Crippen molar-refractivity contribution in [3.05, 3.63) is 30.1 Å². The van der Waals surface area contributed by atoms with Gasteiger partial charge in [-0.25, -0.2) is 4.39 Å². The minimum Gasteiger partial charge on any atom is -0.374 e. The number of hydrogen-bond donors (Lipinski definition) is 1. The molecule has 1 aliphatic rings. The molecule has 6 nitrogen and oxygen atoms in total. The Morgan fingerprint density at radius 1 is 1.29 bits per heavy atom. The lowest BCUT2D eigenvalue weighted by Crippen LogP contribution is -2.58. The Balaban J connectivity index is 1.87. The average molecular weight is 336 g/mol. The Bertz CT molecular complexity index is 578. The number of hydrogen-bond acceptors (Lipinski definition) is 4. The van der Waals surface area contributed by atoms with Crippen molar-refractivity contribution in [2.24, 2.45) is 0 Å². The van der Waals surface area contributed by atoms with Crippen LogP contribution in [0.15, 0.2) is 24.3 Å². The smallest absolute Gasteiger partial charge is 0.238 e. The fourth-order valence-electron chi connectivity index (χ4n) is 2.80. The van der Waals surface area contributed by atoms with E-state index in [9.17, 15) is 14.0 Å². The van der Waals surface area contributed by atoms with Gasteiger partial charge in [-0.2, -0.15) is 0 Å². The molecule has 132 valence electrons. The molecular formula is C17H25FN4O2. The molecule has 2 rings (SSSR count). The van der Waals surface area contributed by atoms with E-state index in [1.807, 2.05) is 23.9 Å². The lowest BCUT2D eigenvalue weighted by Gasteiger charge is -2.38. The molecule has 1 aromatic carbocycles. The van der Waals surface area contributed by atoms with E-state index < -0.39 is 0 Å². The van der Waals surface area contributed by atoms with Crippen LogP contribution in [0, 0.1) is 5.82 Å². The number of carbonyl (C=O) groups is 2. The summed E-state index contributed by atoms with van der Waals surface area (Å²) in [5.74, 6) is -0.315. The molecule has 0 aromatic heterocycles. The molecule has 24 heavy (non-hydrogen) atoms. The second kappa shape index (κ2) is 8.10. The standard InChI is InChI=1S/C17H25FN4O2/c1-19-17(24)15-12-22(11-10-21(15)3)16(23)8-9-20(2)14-6-4-13(18)5-7-14/h4-7,15H,8-12H2,1-3H3,(H,19,24)/t15-/m0/s1. The summed E-state index contributed by atoms with van der Waals surface area (Å²) in [4.78, 5) is 30.0. The number of halogens is 1. The molecule has 1 heterocycles. The fraction of sp³-hybridized carbons (Fsp3) is 0.529. The topological polar surface area (TPSA) is 55.9 Å². The van der Waals surface area contributed by atoms with E-state index in [1.54, 1.807) is 24.1 Å². The lowest BCUT2D eigenvalue weighted by atomic mass is 10.1. The van der Waals surface area contributed by atoms with Crippen LogP contribution in [0.4, 0.5) is 10.1 Å². The van der Waals surface area contributed by atoms with Gasteiger partial charge >= 0.3 is 0 Å². The normalized spacial score (nSPS) is 18.3. The molecule has 0 spiro atoms. The first kappa shape index (κ1) is 18.2. The van der Waals surface area contributed by atoms with E-state index in [0.29, 0.717) is 32.6 Å². The third-order valence-corrected chi connectivity index (χ3v) is 4.48. The SMILES string of the molecule is CNC(=O)[C@@H]1CN(C(=O)CCN(C)c2ccc(F)cc2)CCN1C. The molecule has 0 saturated carbocycles. The van der Waals surface area contributed by atoms with Crippen molar-refractivity contribution in [3.63, 3.8) is 0 Å². The van der Waals surface area contributed by atoms with Crippen molar-refractivity contribution < 1.29 is 14.0 Å². The molecule has 7 heteroatoms. The minimum atomic E-state index is -0.303. The lowest BCUT2D eigenvalue weighted by molar-refractivity contribution is -0.137. The Morgan fingerprint density at radius 3 is 2.58 bits per heavy atom. The summed E-state index contributed by atoms with van der Waals surface area (Å²) < 4.78 is 13.0. The van der Waals surface area contributed by atoms with Gasteiger partial charge in [-0.3, -0.25) is 14.5 Å². The number of nitrogens with one attached hydrogen (secondary N) is 1. The zero-order valence-electron chi connectivity index (χ0n) is 14.5. The quantitative estimate of drug-likeness (QED) is 0.853. The molecule has 0 bridgehead atoms. The van der Waals surface area contributed by atoms with Crippen LogP contribution in [-0.4, -0.2) is 75.0 Å². The molecule has 2 amide bonds. The van der Waals surface area contributed by atoms with Gasteiger partial charge in [-0.05, 0) is 31.3 Å². The number of rotatable bonds is 5. The second-order valence-corrected chi connectivity index (χ2v) is 6.10. The summed E-state index contributed by atoms with van der Waals surface area (Å²) in [5, 5.41) is 2.64. The predicted octanol–water partition coefficient (Wildman–Crippen LogP) is 0.541. The van der Waals surface area contributed by atoms with Crippen LogP contribution in [0.2, 0.25) is 0 Å². The van der Waals surface area contributed by atoms with Crippen LogP contribution in [0.1, 0.15) is 6.42 Å². The van der Waals surface area contributed by atoms with E-state index in [4.69, 9.17) is 0 Å².